The molecule has 0 bridgehead atoms. The molecule has 2 rings (SSSR count). The molecule has 0 amide bonds. The largest absolute Gasteiger partial charge is 0.495 e. The van der Waals surface area contributed by atoms with Crippen molar-refractivity contribution in [1.82, 2.24) is 0 Å². The average Bonchev–Trinajstić information content (AvgIpc) is 2.88. The Morgan fingerprint density at radius 1 is 0.514 bits per heavy atom. The van der Waals surface area contributed by atoms with Crippen molar-refractivity contribution >= 4 is 35.3 Å². The fourth-order valence-electron chi connectivity index (χ4n) is 3.21. The van der Waals surface area contributed by atoms with E-state index in [2.05, 4.69) is 0 Å². The maximum absolute atomic E-state index is 5.79. The Morgan fingerprint density at radius 3 is 1.17 bits per heavy atom. The number of methoxy groups -OCH3 is 8. The molecule has 35 heavy (non-hydrogen) atoms. The van der Waals surface area contributed by atoms with E-state index in [1.54, 1.807) is 80.4 Å². The number of ether oxygens (including phenoxy) is 8. The zero-order valence-corrected chi connectivity index (χ0v) is 23.9. The first-order valence-corrected chi connectivity index (χ1v) is 13.4. The van der Waals surface area contributed by atoms with E-state index >= 15 is 0 Å². The molecular formula is C24H34O8S3. The van der Waals surface area contributed by atoms with Gasteiger partial charge in [0.2, 0.25) is 0 Å². The van der Waals surface area contributed by atoms with Crippen molar-refractivity contribution in [2.24, 2.45) is 0 Å². The van der Waals surface area contributed by atoms with Gasteiger partial charge in [-0.2, -0.15) is 0 Å². The molecule has 0 aromatic heterocycles. The minimum Gasteiger partial charge on any atom is -0.495 e. The van der Waals surface area contributed by atoms with E-state index < -0.39 is 0 Å². The highest BCUT2D eigenvalue weighted by atomic mass is 32.2. The van der Waals surface area contributed by atoms with Gasteiger partial charge in [-0.05, 0) is 12.1 Å². The van der Waals surface area contributed by atoms with Gasteiger partial charge in [0.05, 0.1) is 75.5 Å². The number of hydrogen-bond donors (Lipinski definition) is 0. The summed E-state index contributed by atoms with van der Waals surface area (Å²) >= 11 is 4.61. The van der Waals surface area contributed by atoms with Crippen LogP contribution in [0.2, 0.25) is 0 Å². The van der Waals surface area contributed by atoms with Gasteiger partial charge < -0.3 is 37.9 Å². The van der Waals surface area contributed by atoms with Crippen molar-refractivity contribution in [3.05, 3.63) is 12.1 Å². The van der Waals surface area contributed by atoms with Crippen molar-refractivity contribution in [2.45, 2.75) is 19.6 Å². The summed E-state index contributed by atoms with van der Waals surface area (Å²) in [5.41, 5.74) is 0. The van der Waals surface area contributed by atoms with E-state index in [4.69, 9.17) is 37.9 Å². The van der Waals surface area contributed by atoms with E-state index in [1.807, 2.05) is 12.1 Å². The Hall–Kier alpha value is -1.79. The molecule has 0 aliphatic rings. The summed E-state index contributed by atoms with van der Waals surface area (Å²) in [6.45, 7) is 1.20. The van der Waals surface area contributed by atoms with Crippen molar-refractivity contribution in [3.63, 3.8) is 0 Å². The zero-order valence-electron chi connectivity index (χ0n) is 21.5. The van der Waals surface area contributed by atoms with Gasteiger partial charge in [0.1, 0.15) is 11.5 Å². The van der Waals surface area contributed by atoms with E-state index in [9.17, 15) is 0 Å². The highest BCUT2D eigenvalue weighted by Gasteiger charge is 2.26. The van der Waals surface area contributed by atoms with Crippen LogP contribution in [-0.2, 0) is 9.47 Å². The molecule has 0 radical (unpaired) electrons. The summed E-state index contributed by atoms with van der Waals surface area (Å²) in [5.74, 6) is 5.22. The Bertz CT molecular complexity index is 880. The molecular weight excluding hydrogens is 512 g/mol. The zero-order chi connectivity index (χ0) is 25.8. The number of benzene rings is 2. The van der Waals surface area contributed by atoms with Gasteiger partial charge in [0.25, 0.3) is 0 Å². The summed E-state index contributed by atoms with van der Waals surface area (Å²) in [7, 11) is 13.1. The van der Waals surface area contributed by atoms with E-state index in [1.165, 1.54) is 11.8 Å². The van der Waals surface area contributed by atoms with E-state index in [0.29, 0.717) is 47.7 Å². The van der Waals surface area contributed by atoms with Gasteiger partial charge in [0.15, 0.2) is 23.0 Å². The molecule has 0 aliphatic heterocycles. The summed E-state index contributed by atoms with van der Waals surface area (Å²) in [4.78, 5) is 3.28. The maximum Gasteiger partial charge on any atom is 0.179 e. The second-order valence-corrected chi connectivity index (χ2v) is 10.0. The van der Waals surface area contributed by atoms with Gasteiger partial charge in [-0.1, -0.05) is 11.8 Å². The third kappa shape index (κ3) is 7.13. The second-order valence-electron chi connectivity index (χ2n) is 6.73. The Balaban J connectivity index is 2.62. The lowest BCUT2D eigenvalue weighted by molar-refractivity contribution is 0.218. The minimum absolute atomic E-state index is 0.594. The van der Waals surface area contributed by atoms with E-state index in [0.717, 1.165) is 31.1 Å². The smallest absolute Gasteiger partial charge is 0.179 e. The standard InChI is InChI=1S/C24H34O8S3/c1-25-9-11-33-23-15(27-3)13-17(19(29-5)21(23)31-7)35-18-14-16(28-4)24(34-12-10-26-2)22(32-8)20(18)30-6/h13-14H,9-12H2,1-8H3. The summed E-state index contributed by atoms with van der Waals surface area (Å²) in [6, 6.07) is 3.86. The first-order valence-electron chi connectivity index (χ1n) is 10.6. The third-order valence-corrected chi connectivity index (χ3v) is 7.93. The van der Waals surface area contributed by atoms with Crippen molar-refractivity contribution in [1.29, 1.82) is 0 Å². The second kappa shape index (κ2) is 15.4. The SMILES string of the molecule is COCCSc1c(OC)cc(Sc2cc(OC)c(SCCOC)c(OC)c2OC)c(OC)c1OC. The number of thioether (sulfide) groups is 2. The number of hydrogen-bond acceptors (Lipinski definition) is 11. The topological polar surface area (TPSA) is 73.8 Å². The minimum atomic E-state index is 0.594. The molecule has 0 aliphatic carbocycles. The van der Waals surface area contributed by atoms with E-state index in [-0.39, 0.29) is 0 Å². The summed E-state index contributed by atoms with van der Waals surface area (Å²) < 4.78 is 44.9. The van der Waals surface area contributed by atoms with Gasteiger partial charge in [-0.15, -0.1) is 23.5 Å². The van der Waals surface area contributed by atoms with Crippen LogP contribution in [0.15, 0.2) is 31.7 Å². The van der Waals surface area contributed by atoms with Crippen LogP contribution in [0, 0.1) is 0 Å². The van der Waals surface area contributed by atoms with Crippen LogP contribution in [0.4, 0.5) is 0 Å². The molecule has 0 atom stereocenters. The normalized spacial score (nSPS) is 10.7. The molecule has 2 aromatic rings. The molecule has 0 saturated heterocycles. The lowest BCUT2D eigenvalue weighted by Gasteiger charge is -2.21. The van der Waals surface area contributed by atoms with Gasteiger partial charge in [-0.25, -0.2) is 0 Å². The van der Waals surface area contributed by atoms with Crippen LogP contribution in [-0.4, -0.2) is 81.6 Å². The lowest BCUT2D eigenvalue weighted by atomic mass is 10.3. The van der Waals surface area contributed by atoms with Crippen molar-refractivity contribution < 1.29 is 37.9 Å². The third-order valence-electron chi connectivity index (χ3n) is 4.79. The van der Waals surface area contributed by atoms with Crippen LogP contribution >= 0.6 is 35.3 Å². The lowest BCUT2D eigenvalue weighted by Crippen LogP contribution is -2.01. The average molecular weight is 547 g/mol. The fraction of sp³-hybridized carbons (Fsp3) is 0.500. The first-order chi connectivity index (χ1) is 17.0. The Kier molecular flexibility index (Phi) is 12.9. The van der Waals surface area contributed by atoms with Crippen LogP contribution in [0.5, 0.6) is 34.5 Å². The highest BCUT2D eigenvalue weighted by Crippen LogP contribution is 2.55. The van der Waals surface area contributed by atoms with Crippen LogP contribution in [0.25, 0.3) is 0 Å². The summed E-state index contributed by atoms with van der Waals surface area (Å²) in [6.07, 6.45) is 0. The van der Waals surface area contributed by atoms with Crippen LogP contribution < -0.4 is 28.4 Å². The molecule has 0 saturated carbocycles. The predicted molar refractivity (Wildman–Crippen MR) is 142 cm³/mol. The molecule has 0 heterocycles. The molecule has 0 spiro atoms. The molecule has 2 aromatic carbocycles. The first kappa shape index (κ1) is 29.4. The van der Waals surface area contributed by atoms with Crippen molar-refractivity contribution in [2.75, 3.05) is 81.6 Å². The highest BCUT2D eigenvalue weighted by molar-refractivity contribution is 8.00. The van der Waals surface area contributed by atoms with Crippen LogP contribution in [0.1, 0.15) is 0 Å². The molecule has 0 N–H and O–H groups in total. The summed E-state index contributed by atoms with van der Waals surface area (Å²) in [5, 5.41) is 0. The molecule has 8 nitrogen and oxygen atoms in total. The predicted octanol–water partition coefficient (Wildman–Crippen LogP) is 5.37. The maximum atomic E-state index is 5.79. The van der Waals surface area contributed by atoms with Gasteiger partial charge in [0, 0.05) is 25.7 Å². The van der Waals surface area contributed by atoms with Gasteiger partial charge in [-0.3, -0.25) is 0 Å². The van der Waals surface area contributed by atoms with Gasteiger partial charge >= 0.3 is 0 Å². The Labute approximate surface area is 220 Å². The number of rotatable bonds is 16. The molecule has 196 valence electrons. The fourth-order valence-corrected chi connectivity index (χ4v) is 6.41. The molecule has 0 fully saturated rings. The molecule has 0 unspecified atom stereocenters. The molecule has 11 heteroatoms. The monoisotopic (exact) mass is 546 g/mol. The van der Waals surface area contributed by atoms with Crippen molar-refractivity contribution in [3.8, 4) is 34.5 Å². The van der Waals surface area contributed by atoms with Crippen LogP contribution in [0.3, 0.4) is 0 Å². The Morgan fingerprint density at radius 2 is 0.886 bits per heavy atom. The quantitative estimate of drug-likeness (QED) is 0.202.